The Bertz CT molecular complexity index is 624. The average Bonchev–Trinajstić information content (AvgIpc) is 2.76. The van der Waals surface area contributed by atoms with Crippen LogP contribution in [0.2, 0.25) is 0 Å². The number of carbonyl (C=O) groups excluding carboxylic acids is 1. The topological polar surface area (TPSA) is 72.9 Å². The van der Waals surface area contributed by atoms with Gasteiger partial charge in [-0.1, -0.05) is 6.07 Å². The van der Waals surface area contributed by atoms with Gasteiger partial charge in [0.25, 0.3) is 5.91 Å². The van der Waals surface area contributed by atoms with Crippen LogP contribution in [-0.2, 0) is 6.54 Å². The molecule has 1 aromatic carbocycles. The molecule has 1 amide bonds. The van der Waals surface area contributed by atoms with Crippen LogP contribution in [0.5, 0.6) is 0 Å². The molecule has 0 aliphatic carbocycles. The number of rotatable bonds is 3. The van der Waals surface area contributed by atoms with Gasteiger partial charge in [0.05, 0.1) is 17.6 Å². The van der Waals surface area contributed by atoms with Crippen LogP contribution < -0.4 is 11.1 Å². The molecule has 2 aromatic rings. The molecule has 0 saturated heterocycles. The summed E-state index contributed by atoms with van der Waals surface area (Å²) in [7, 11) is 0. The van der Waals surface area contributed by atoms with Crippen molar-refractivity contribution in [3.63, 3.8) is 0 Å². The zero-order chi connectivity index (χ0) is 14.0. The lowest BCUT2D eigenvalue weighted by Crippen LogP contribution is -2.19. The van der Waals surface area contributed by atoms with Crippen LogP contribution in [0.1, 0.15) is 17.4 Å². The van der Waals surface area contributed by atoms with Gasteiger partial charge in [0.1, 0.15) is 5.69 Å². The maximum atomic E-state index is 13.4. The third kappa shape index (κ3) is 2.40. The van der Waals surface area contributed by atoms with E-state index in [4.69, 9.17) is 5.73 Å². The first-order chi connectivity index (χ1) is 9.04. The van der Waals surface area contributed by atoms with E-state index in [1.165, 1.54) is 23.0 Å². The summed E-state index contributed by atoms with van der Waals surface area (Å²) in [4.78, 5) is 12.0. The lowest BCUT2D eigenvalue weighted by atomic mass is 10.2. The maximum Gasteiger partial charge on any atom is 0.276 e. The van der Waals surface area contributed by atoms with Crippen molar-refractivity contribution in [1.29, 1.82) is 0 Å². The summed E-state index contributed by atoms with van der Waals surface area (Å²) in [6, 6.07) is 3.53. The predicted molar refractivity (Wildman–Crippen MR) is 66.6 cm³/mol. The standard InChI is InChI=1S/C12H12F2N4O/c1-2-18-11(8(15)6-16-18)12(19)17-9-5-3-4-7(13)10(9)14/h3-6H,2,15H2,1H3,(H,17,19). The summed E-state index contributed by atoms with van der Waals surface area (Å²) in [5.41, 5.74) is 5.68. The van der Waals surface area contributed by atoms with Crippen LogP contribution in [-0.4, -0.2) is 15.7 Å². The second-order valence-electron chi connectivity index (χ2n) is 3.82. The molecule has 100 valence electrons. The molecular weight excluding hydrogens is 254 g/mol. The third-order valence-electron chi connectivity index (χ3n) is 2.58. The van der Waals surface area contributed by atoms with E-state index in [0.717, 1.165) is 6.07 Å². The number of carbonyl (C=O) groups is 1. The van der Waals surface area contributed by atoms with Gasteiger partial charge in [0, 0.05) is 6.54 Å². The van der Waals surface area contributed by atoms with E-state index in [9.17, 15) is 13.6 Å². The van der Waals surface area contributed by atoms with Crippen molar-refractivity contribution in [1.82, 2.24) is 9.78 Å². The number of nitrogen functional groups attached to an aromatic ring is 1. The van der Waals surface area contributed by atoms with Crippen molar-refractivity contribution in [3.05, 3.63) is 41.7 Å². The van der Waals surface area contributed by atoms with Gasteiger partial charge in [-0.2, -0.15) is 5.10 Å². The molecule has 5 nitrogen and oxygen atoms in total. The molecule has 0 saturated carbocycles. The first-order valence-electron chi connectivity index (χ1n) is 5.61. The summed E-state index contributed by atoms with van der Waals surface area (Å²) in [5.74, 6) is -2.78. The Labute approximate surface area is 108 Å². The highest BCUT2D eigenvalue weighted by atomic mass is 19.2. The molecule has 3 N–H and O–H groups in total. The van der Waals surface area contributed by atoms with Crippen LogP contribution in [0.15, 0.2) is 24.4 Å². The molecule has 1 heterocycles. The van der Waals surface area contributed by atoms with Gasteiger partial charge in [-0.05, 0) is 19.1 Å². The van der Waals surface area contributed by atoms with Gasteiger partial charge < -0.3 is 11.1 Å². The number of hydrogen-bond acceptors (Lipinski definition) is 3. The quantitative estimate of drug-likeness (QED) is 0.892. The van der Waals surface area contributed by atoms with Gasteiger partial charge >= 0.3 is 0 Å². The van der Waals surface area contributed by atoms with Crippen LogP contribution in [0.25, 0.3) is 0 Å². The highest BCUT2D eigenvalue weighted by Crippen LogP contribution is 2.19. The molecular formula is C12H12F2N4O. The van der Waals surface area contributed by atoms with Crippen LogP contribution >= 0.6 is 0 Å². The Morgan fingerprint density at radius 1 is 1.47 bits per heavy atom. The number of aromatic nitrogens is 2. The van der Waals surface area contributed by atoms with Crippen molar-refractivity contribution < 1.29 is 13.6 Å². The van der Waals surface area contributed by atoms with Crippen LogP contribution in [0.4, 0.5) is 20.2 Å². The SMILES string of the molecule is CCn1ncc(N)c1C(=O)Nc1cccc(F)c1F. The van der Waals surface area contributed by atoms with Gasteiger partial charge in [-0.15, -0.1) is 0 Å². The summed E-state index contributed by atoms with van der Waals surface area (Å²) < 4.78 is 27.8. The molecule has 0 aliphatic heterocycles. The van der Waals surface area contributed by atoms with Gasteiger partial charge in [0.2, 0.25) is 0 Å². The molecule has 1 aromatic heterocycles. The van der Waals surface area contributed by atoms with E-state index in [1.54, 1.807) is 6.92 Å². The first kappa shape index (κ1) is 13.0. The van der Waals surface area contributed by atoms with Gasteiger partial charge in [-0.3, -0.25) is 9.48 Å². The van der Waals surface area contributed by atoms with Crippen molar-refractivity contribution in [2.24, 2.45) is 0 Å². The van der Waals surface area contributed by atoms with Crippen molar-refractivity contribution >= 4 is 17.3 Å². The minimum atomic E-state index is -1.11. The number of nitrogens with two attached hydrogens (primary N) is 1. The lowest BCUT2D eigenvalue weighted by molar-refractivity contribution is 0.101. The molecule has 7 heteroatoms. The monoisotopic (exact) mass is 266 g/mol. The van der Waals surface area contributed by atoms with Crippen molar-refractivity contribution in [2.45, 2.75) is 13.5 Å². The number of hydrogen-bond donors (Lipinski definition) is 2. The van der Waals surface area contributed by atoms with E-state index in [-0.39, 0.29) is 17.1 Å². The fourth-order valence-corrected chi connectivity index (χ4v) is 1.67. The van der Waals surface area contributed by atoms with Crippen molar-refractivity contribution in [3.8, 4) is 0 Å². The number of aryl methyl sites for hydroxylation is 1. The predicted octanol–water partition coefficient (Wildman–Crippen LogP) is 2.02. The highest BCUT2D eigenvalue weighted by Gasteiger charge is 2.18. The number of anilines is 2. The molecule has 0 unspecified atom stereocenters. The smallest absolute Gasteiger partial charge is 0.276 e. The fourth-order valence-electron chi connectivity index (χ4n) is 1.67. The van der Waals surface area contributed by atoms with Crippen LogP contribution in [0, 0.1) is 11.6 Å². The number of halogens is 2. The Morgan fingerprint density at radius 2 is 2.21 bits per heavy atom. The Morgan fingerprint density at radius 3 is 2.89 bits per heavy atom. The Balaban J connectivity index is 2.31. The number of nitrogens with zero attached hydrogens (tertiary/aromatic N) is 2. The minimum Gasteiger partial charge on any atom is -0.396 e. The summed E-state index contributed by atoms with van der Waals surface area (Å²) >= 11 is 0. The number of nitrogens with one attached hydrogen (secondary N) is 1. The van der Waals surface area contributed by atoms with Crippen LogP contribution in [0.3, 0.4) is 0 Å². The average molecular weight is 266 g/mol. The van der Waals surface area contributed by atoms with E-state index in [2.05, 4.69) is 10.4 Å². The van der Waals surface area contributed by atoms with E-state index >= 15 is 0 Å². The zero-order valence-electron chi connectivity index (χ0n) is 10.2. The molecule has 0 fully saturated rings. The minimum absolute atomic E-state index is 0.117. The number of benzene rings is 1. The molecule has 0 bridgehead atoms. The molecule has 0 spiro atoms. The van der Waals surface area contributed by atoms with E-state index in [0.29, 0.717) is 6.54 Å². The van der Waals surface area contributed by atoms with E-state index < -0.39 is 17.5 Å². The Hall–Kier alpha value is -2.44. The van der Waals surface area contributed by atoms with Gasteiger partial charge in [0.15, 0.2) is 11.6 Å². The highest BCUT2D eigenvalue weighted by molar-refractivity contribution is 6.06. The zero-order valence-corrected chi connectivity index (χ0v) is 10.2. The van der Waals surface area contributed by atoms with E-state index in [1.807, 2.05) is 0 Å². The molecule has 2 rings (SSSR count). The second-order valence-corrected chi connectivity index (χ2v) is 3.82. The largest absolute Gasteiger partial charge is 0.396 e. The summed E-state index contributed by atoms with van der Waals surface area (Å²) in [6.07, 6.45) is 1.33. The fraction of sp³-hybridized carbons (Fsp3) is 0.167. The second kappa shape index (κ2) is 5.05. The van der Waals surface area contributed by atoms with Crippen molar-refractivity contribution in [2.75, 3.05) is 11.1 Å². The first-order valence-corrected chi connectivity index (χ1v) is 5.61. The maximum absolute atomic E-state index is 13.4. The third-order valence-corrected chi connectivity index (χ3v) is 2.58. The lowest BCUT2D eigenvalue weighted by Gasteiger charge is -2.08. The van der Waals surface area contributed by atoms with Gasteiger partial charge in [-0.25, -0.2) is 8.78 Å². The summed E-state index contributed by atoms with van der Waals surface area (Å²) in [5, 5.41) is 6.17. The molecule has 19 heavy (non-hydrogen) atoms. The molecule has 0 aliphatic rings. The molecule has 0 atom stereocenters. The molecule has 0 radical (unpaired) electrons. The summed E-state index contributed by atoms with van der Waals surface area (Å²) in [6.45, 7) is 2.22. The number of amides is 1. The normalized spacial score (nSPS) is 10.5. The Kier molecular flexibility index (Phi) is 3.46.